The summed E-state index contributed by atoms with van der Waals surface area (Å²) in [4.78, 5) is 0.0407. The van der Waals surface area contributed by atoms with Crippen LogP contribution in [0, 0.1) is 6.92 Å². The van der Waals surface area contributed by atoms with E-state index < -0.39 is 10.0 Å². The molecule has 2 aromatic rings. The number of benzene rings is 1. The van der Waals surface area contributed by atoms with Gasteiger partial charge in [-0.15, -0.1) is 11.3 Å². The van der Waals surface area contributed by atoms with E-state index in [0.29, 0.717) is 17.3 Å². The van der Waals surface area contributed by atoms with Crippen LogP contribution in [-0.4, -0.2) is 15.0 Å². The lowest BCUT2D eigenvalue weighted by Gasteiger charge is -2.07. The van der Waals surface area contributed by atoms with E-state index in [4.69, 9.17) is 23.2 Å². The number of aryl methyl sites for hydroxylation is 1. The summed E-state index contributed by atoms with van der Waals surface area (Å²) < 4.78 is 27.3. The minimum absolute atomic E-state index is 0.0407. The molecule has 1 aromatic heterocycles. The van der Waals surface area contributed by atoms with Gasteiger partial charge in [0.2, 0.25) is 10.0 Å². The van der Waals surface area contributed by atoms with Crippen LogP contribution < -0.4 is 4.72 Å². The van der Waals surface area contributed by atoms with Crippen molar-refractivity contribution >= 4 is 44.6 Å². The minimum atomic E-state index is -3.61. The Balaban J connectivity index is 2.04. The van der Waals surface area contributed by atoms with Gasteiger partial charge in [0.05, 0.1) is 4.34 Å². The van der Waals surface area contributed by atoms with Crippen molar-refractivity contribution in [3.63, 3.8) is 0 Å². The van der Waals surface area contributed by atoms with E-state index in [-0.39, 0.29) is 9.23 Å². The van der Waals surface area contributed by atoms with Crippen molar-refractivity contribution in [3.05, 3.63) is 50.1 Å². The van der Waals surface area contributed by atoms with Gasteiger partial charge in [-0.2, -0.15) is 0 Å². The van der Waals surface area contributed by atoms with Crippen molar-refractivity contribution in [1.82, 2.24) is 4.72 Å². The summed E-state index contributed by atoms with van der Waals surface area (Å²) in [7, 11) is -3.61. The molecule has 0 bridgehead atoms. The molecule has 0 spiro atoms. The van der Waals surface area contributed by atoms with Crippen LogP contribution in [-0.2, 0) is 16.4 Å². The van der Waals surface area contributed by atoms with Crippen LogP contribution in [0.2, 0.25) is 8.67 Å². The number of rotatable bonds is 5. The van der Waals surface area contributed by atoms with Crippen LogP contribution in [0.25, 0.3) is 0 Å². The van der Waals surface area contributed by atoms with Gasteiger partial charge in [-0.1, -0.05) is 47.5 Å². The molecular formula is C13H13Cl2NO2S2. The largest absolute Gasteiger partial charge is 0.242 e. The highest BCUT2D eigenvalue weighted by Gasteiger charge is 2.20. The molecule has 0 unspecified atom stereocenters. The van der Waals surface area contributed by atoms with Gasteiger partial charge in [-0.25, -0.2) is 13.1 Å². The molecule has 1 N–H and O–H groups in total. The SMILES string of the molecule is Cc1ccccc1CCNS(=O)(=O)c1cc(Cl)sc1Cl. The summed E-state index contributed by atoms with van der Waals surface area (Å²) in [5.74, 6) is 0. The van der Waals surface area contributed by atoms with Gasteiger partial charge >= 0.3 is 0 Å². The Morgan fingerprint density at radius 1 is 1.25 bits per heavy atom. The molecule has 0 saturated carbocycles. The second-order valence-corrected chi connectivity index (χ2v) is 8.28. The average Bonchev–Trinajstić information content (AvgIpc) is 2.72. The molecule has 0 amide bonds. The van der Waals surface area contributed by atoms with Crippen molar-refractivity contribution in [2.24, 2.45) is 0 Å². The maximum atomic E-state index is 12.1. The quantitative estimate of drug-likeness (QED) is 0.889. The molecule has 0 aliphatic rings. The monoisotopic (exact) mass is 349 g/mol. The van der Waals surface area contributed by atoms with Crippen LogP contribution in [0.15, 0.2) is 35.2 Å². The Labute approximate surface area is 132 Å². The Morgan fingerprint density at radius 2 is 1.95 bits per heavy atom. The standard InChI is InChI=1S/C13H13Cl2NO2S2/c1-9-4-2-3-5-10(9)6-7-16-20(17,18)11-8-12(14)19-13(11)15/h2-5,8,16H,6-7H2,1H3. The summed E-state index contributed by atoms with van der Waals surface area (Å²) in [5, 5.41) is 0. The van der Waals surface area contributed by atoms with E-state index in [9.17, 15) is 8.42 Å². The van der Waals surface area contributed by atoms with E-state index in [2.05, 4.69) is 4.72 Å². The van der Waals surface area contributed by atoms with E-state index >= 15 is 0 Å². The highest BCUT2D eigenvalue weighted by atomic mass is 35.5. The summed E-state index contributed by atoms with van der Waals surface area (Å²) in [6, 6.07) is 9.24. The zero-order chi connectivity index (χ0) is 14.8. The van der Waals surface area contributed by atoms with E-state index in [0.717, 1.165) is 22.5 Å². The molecule has 1 heterocycles. The van der Waals surface area contributed by atoms with E-state index in [1.807, 2.05) is 31.2 Å². The first-order chi connectivity index (χ1) is 9.40. The highest BCUT2D eigenvalue weighted by molar-refractivity contribution is 7.89. The number of sulfonamides is 1. The van der Waals surface area contributed by atoms with Crippen LogP contribution in [0.5, 0.6) is 0 Å². The Bertz CT molecular complexity index is 711. The first kappa shape index (κ1) is 15.8. The molecule has 108 valence electrons. The predicted molar refractivity (Wildman–Crippen MR) is 84.4 cm³/mol. The number of hydrogen-bond acceptors (Lipinski definition) is 3. The normalized spacial score (nSPS) is 11.8. The predicted octanol–water partition coefficient (Wildman–Crippen LogP) is 3.88. The molecule has 20 heavy (non-hydrogen) atoms. The first-order valence-corrected chi connectivity index (χ1v) is 8.95. The van der Waals surface area contributed by atoms with Crippen molar-refractivity contribution in [3.8, 4) is 0 Å². The molecule has 0 aliphatic carbocycles. The fraction of sp³-hybridized carbons (Fsp3) is 0.231. The lowest BCUT2D eigenvalue weighted by atomic mass is 10.1. The third kappa shape index (κ3) is 3.74. The number of hydrogen-bond donors (Lipinski definition) is 1. The van der Waals surface area contributed by atoms with Gasteiger partial charge in [0.15, 0.2) is 0 Å². The van der Waals surface area contributed by atoms with Gasteiger partial charge in [0.25, 0.3) is 0 Å². The molecule has 0 aliphatic heterocycles. The van der Waals surface area contributed by atoms with Crippen LogP contribution >= 0.6 is 34.5 Å². The van der Waals surface area contributed by atoms with Gasteiger partial charge in [0, 0.05) is 6.54 Å². The molecule has 1 aromatic carbocycles. The van der Waals surface area contributed by atoms with Gasteiger partial charge in [0.1, 0.15) is 9.23 Å². The van der Waals surface area contributed by atoms with Crippen molar-refractivity contribution < 1.29 is 8.42 Å². The summed E-state index contributed by atoms with van der Waals surface area (Å²) in [6.07, 6.45) is 0.626. The van der Waals surface area contributed by atoms with Gasteiger partial charge in [-0.05, 0) is 30.5 Å². The second-order valence-electron chi connectivity index (χ2n) is 4.26. The molecule has 2 rings (SSSR count). The van der Waals surface area contributed by atoms with Gasteiger partial charge < -0.3 is 0 Å². The van der Waals surface area contributed by atoms with Gasteiger partial charge in [-0.3, -0.25) is 0 Å². The van der Waals surface area contributed by atoms with E-state index in [1.54, 1.807) is 0 Å². The van der Waals surface area contributed by atoms with Crippen LogP contribution in [0.4, 0.5) is 0 Å². The van der Waals surface area contributed by atoms with Crippen molar-refractivity contribution in [1.29, 1.82) is 0 Å². The van der Waals surface area contributed by atoms with E-state index in [1.165, 1.54) is 6.07 Å². The number of thiophene rings is 1. The maximum absolute atomic E-state index is 12.1. The third-order valence-electron chi connectivity index (χ3n) is 2.86. The molecular weight excluding hydrogens is 337 g/mol. The topological polar surface area (TPSA) is 46.2 Å². The fourth-order valence-corrected chi connectivity index (χ4v) is 4.98. The summed E-state index contributed by atoms with van der Waals surface area (Å²) >= 11 is 12.7. The summed E-state index contributed by atoms with van der Waals surface area (Å²) in [6.45, 7) is 2.32. The Kier molecular flexibility index (Phi) is 5.09. The minimum Gasteiger partial charge on any atom is -0.211 e. The molecule has 7 heteroatoms. The van der Waals surface area contributed by atoms with Crippen LogP contribution in [0.3, 0.4) is 0 Å². The molecule has 0 saturated heterocycles. The van der Waals surface area contributed by atoms with Crippen molar-refractivity contribution in [2.75, 3.05) is 6.54 Å². The summed E-state index contributed by atoms with van der Waals surface area (Å²) in [5.41, 5.74) is 2.26. The number of halogens is 2. The Morgan fingerprint density at radius 3 is 2.55 bits per heavy atom. The smallest absolute Gasteiger partial charge is 0.211 e. The average molecular weight is 350 g/mol. The van der Waals surface area contributed by atoms with Crippen molar-refractivity contribution in [2.45, 2.75) is 18.2 Å². The second kappa shape index (κ2) is 6.45. The Hall–Kier alpha value is -0.590. The molecule has 0 fully saturated rings. The maximum Gasteiger partial charge on any atom is 0.242 e. The fourth-order valence-electron chi connectivity index (χ4n) is 1.80. The zero-order valence-electron chi connectivity index (χ0n) is 10.7. The number of nitrogens with one attached hydrogen (secondary N) is 1. The third-order valence-corrected chi connectivity index (χ3v) is 6.08. The first-order valence-electron chi connectivity index (χ1n) is 5.89. The zero-order valence-corrected chi connectivity index (χ0v) is 13.8. The molecule has 0 radical (unpaired) electrons. The lowest BCUT2D eigenvalue weighted by molar-refractivity contribution is 0.582. The highest BCUT2D eigenvalue weighted by Crippen LogP contribution is 2.33. The molecule has 3 nitrogen and oxygen atoms in total. The molecule has 0 atom stereocenters. The van der Waals surface area contributed by atoms with Crippen LogP contribution in [0.1, 0.15) is 11.1 Å². The lowest BCUT2D eigenvalue weighted by Crippen LogP contribution is -2.26.